The third-order valence-electron chi connectivity index (χ3n) is 1.47. The quantitative estimate of drug-likeness (QED) is 0.364. The van der Waals surface area contributed by atoms with Gasteiger partial charge in [-0.1, -0.05) is 12.1 Å². The van der Waals surface area contributed by atoms with Crippen LogP contribution < -0.4 is 0 Å². The molecule has 0 saturated heterocycles. The van der Waals surface area contributed by atoms with Gasteiger partial charge in [0, 0.05) is 6.42 Å². The maximum atomic E-state index is 11.2. The predicted molar refractivity (Wildman–Crippen MR) is 51.0 cm³/mol. The third-order valence-corrected chi connectivity index (χ3v) is 1.47. The molecule has 14 heavy (non-hydrogen) atoms. The number of rotatable bonds is 6. The highest BCUT2D eigenvalue weighted by atomic mass is 16.6. The molecule has 0 aliphatic carbocycles. The molecule has 0 aromatic rings. The summed E-state index contributed by atoms with van der Waals surface area (Å²) in [4.78, 5) is 26.7. The van der Waals surface area contributed by atoms with Crippen LogP contribution >= 0.6 is 0 Å². The first-order valence-electron chi connectivity index (χ1n) is 4.44. The molecule has 0 radical (unpaired) electrons. The highest BCUT2D eigenvalue weighted by Gasteiger charge is 2.16. The second-order valence-corrected chi connectivity index (χ2v) is 2.51. The molecule has 0 saturated carbocycles. The lowest BCUT2D eigenvalue weighted by atomic mass is 10.1. The lowest BCUT2D eigenvalue weighted by Crippen LogP contribution is -2.21. The first kappa shape index (κ1) is 12.6. The molecule has 0 aliphatic heterocycles. The van der Waals surface area contributed by atoms with Crippen molar-refractivity contribution in [3.8, 4) is 0 Å². The maximum Gasteiger partial charge on any atom is 0.356 e. The van der Waals surface area contributed by atoms with E-state index in [9.17, 15) is 9.59 Å². The Bertz CT molecular complexity index is 235. The van der Waals surface area contributed by atoms with Gasteiger partial charge in [0.1, 0.15) is 12.9 Å². The zero-order valence-electron chi connectivity index (χ0n) is 8.70. The molecule has 0 aromatic carbocycles. The van der Waals surface area contributed by atoms with Crippen LogP contribution in [-0.2, 0) is 19.2 Å². The van der Waals surface area contributed by atoms with Gasteiger partial charge in [-0.15, -0.1) is 0 Å². The van der Waals surface area contributed by atoms with Crippen molar-refractivity contribution in [2.45, 2.75) is 26.7 Å². The fourth-order valence-corrected chi connectivity index (χ4v) is 0.778. The standard InChI is InChI=1S/C9H15NO4/c1-4-7(11)6-8(10-13-3)9(12)14-5-2/h4-6H2,1-3H3/b10-8+. The summed E-state index contributed by atoms with van der Waals surface area (Å²) in [6, 6.07) is 0. The van der Waals surface area contributed by atoms with Crippen LogP contribution in [0.25, 0.3) is 0 Å². The fraction of sp³-hybridized carbons (Fsp3) is 0.667. The molecule has 0 unspecified atom stereocenters. The van der Waals surface area contributed by atoms with E-state index in [1.807, 2.05) is 0 Å². The van der Waals surface area contributed by atoms with Crippen LogP contribution in [-0.4, -0.2) is 31.2 Å². The first-order valence-corrected chi connectivity index (χ1v) is 4.44. The third kappa shape index (κ3) is 4.59. The number of carbonyl (C=O) groups excluding carboxylic acids is 2. The molecule has 0 aromatic heterocycles. The van der Waals surface area contributed by atoms with Crippen LogP contribution in [0, 0.1) is 0 Å². The minimum atomic E-state index is -0.601. The molecule has 0 bridgehead atoms. The Morgan fingerprint density at radius 1 is 1.29 bits per heavy atom. The summed E-state index contributed by atoms with van der Waals surface area (Å²) >= 11 is 0. The van der Waals surface area contributed by atoms with E-state index < -0.39 is 5.97 Å². The van der Waals surface area contributed by atoms with Gasteiger partial charge in [0.2, 0.25) is 0 Å². The van der Waals surface area contributed by atoms with Gasteiger partial charge >= 0.3 is 5.97 Å². The summed E-state index contributed by atoms with van der Waals surface area (Å²) in [6.45, 7) is 3.66. The SMILES string of the molecule is CCOC(=O)/C(CC(=O)CC)=N/OC. The number of oxime groups is 1. The van der Waals surface area contributed by atoms with E-state index in [1.54, 1.807) is 13.8 Å². The van der Waals surface area contributed by atoms with Crippen molar-refractivity contribution in [3.05, 3.63) is 0 Å². The largest absolute Gasteiger partial charge is 0.461 e. The van der Waals surface area contributed by atoms with E-state index in [1.165, 1.54) is 7.11 Å². The van der Waals surface area contributed by atoms with Crippen LogP contribution in [0.15, 0.2) is 5.16 Å². The van der Waals surface area contributed by atoms with Crippen molar-refractivity contribution in [1.29, 1.82) is 0 Å². The van der Waals surface area contributed by atoms with Gasteiger partial charge in [0.05, 0.1) is 13.0 Å². The molecule has 0 fully saturated rings. The normalized spacial score (nSPS) is 10.9. The minimum absolute atomic E-state index is 0.0150. The summed E-state index contributed by atoms with van der Waals surface area (Å²) in [5.41, 5.74) is 0.0150. The van der Waals surface area contributed by atoms with Crippen molar-refractivity contribution in [2.24, 2.45) is 5.16 Å². The fourth-order valence-electron chi connectivity index (χ4n) is 0.778. The molecular formula is C9H15NO4. The van der Waals surface area contributed by atoms with Crippen molar-refractivity contribution >= 4 is 17.5 Å². The Morgan fingerprint density at radius 2 is 1.93 bits per heavy atom. The van der Waals surface area contributed by atoms with Gasteiger partial charge in [0.15, 0.2) is 5.71 Å². The van der Waals surface area contributed by atoms with Crippen molar-refractivity contribution in [1.82, 2.24) is 0 Å². The van der Waals surface area contributed by atoms with Crippen molar-refractivity contribution in [3.63, 3.8) is 0 Å². The van der Waals surface area contributed by atoms with Gasteiger partial charge in [-0.2, -0.15) is 0 Å². The minimum Gasteiger partial charge on any atom is -0.461 e. The van der Waals surface area contributed by atoms with E-state index >= 15 is 0 Å². The number of ketones is 1. The molecule has 0 atom stereocenters. The number of hydrogen-bond acceptors (Lipinski definition) is 5. The predicted octanol–water partition coefficient (Wildman–Crippen LogP) is 0.921. The van der Waals surface area contributed by atoms with Crippen molar-refractivity contribution < 1.29 is 19.2 Å². The van der Waals surface area contributed by atoms with E-state index in [4.69, 9.17) is 4.74 Å². The number of hydrogen-bond donors (Lipinski definition) is 0. The highest BCUT2D eigenvalue weighted by Crippen LogP contribution is 1.96. The molecule has 0 heterocycles. The summed E-state index contributed by atoms with van der Waals surface area (Å²) in [7, 11) is 1.32. The summed E-state index contributed by atoms with van der Waals surface area (Å²) in [5, 5.41) is 3.45. The summed E-state index contributed by atoms with van der Waals surface area (Å²) in [5.74, 6) is -0.676. The smallest absolute Gasteiger partial charge is 0.356 e. The van der Waals surface area contributed by atoms with Gasteiger partial charge in [-0.3, -0.25) is 4.79 Å². The molecule has 0 rings (SSSR count). The van der Waals surface area contributed by atoms with Crippen molar-refractivity contribution in [2.75, 3.05) is 13.7 Å². The number of carbonyl (C=O) groups is 2. The Morgan fingerprint density at radius 3 is 2.36 bits per heavy atom. The number of esters is 1. The molecule has 5 nitrogen and oxygen atoms in total. The van der Waals surface area contributed by atoms with Gasteiger partial charge in [0.25, 0.3) is 0 Å². The van der Waals surface area contributed by atoms with E-state index in [-0.39, 0.29) is 24.5 Å². The van der Waals surface area contributed by atoms with Gasteiger partial charge in [-0.05, 0) is 6.92 Å². The van der Waals surface area contributed by atoms with Gasteiger partial charge < -0.3 is 9.57 Å². The van der Waals surface area contributed by atoms with E-state index in [0.29, 0.717) is 6.42 Å². The molecule has 0 amide bonds. The number of ether oxygens (including phenoxy) is 1. The Kier molecular flexibility index (Phi) is 6.36. The molecule has 0 spiro atoms. The topological polar surface area (TPSA) is 65.0 Å². The first-order chi connectivity index (χ1) is 6.65. The number of Topliss-reactive ketones (excluding diaryl/α,β-unsaturated/α-hetero) is 1. The Hall–Kier alpha value is -1.39. The van der Waals surface area contributed by atoms with Crippen LogP contribution in [0.5, 0.6) is 0 Å². The zero-order valence-corrected chi connectivity index (χ0v) is 8.70. The summed E-state index contributed by atoms with van der Waals surface area (Å²) < 4.78 is 4.70. The Balaban J connectivity index is 4.37. The monoisotopic (exact) mass is 201 g/mol. The Labute approximate surface area is 83.1 Å². The molecule has 0 aliphatic rings. The molecule has 5 heteroatoms. The van der Waals surface area contributed by atoms with E-state index in [2.05, 4.69) is 9.99 Å². The maximum absolute atomic E-state index is 11.2. The van der Waals surface area contributed by atoms with Crippen LogP contribution in [0.4, 0.5) is 0 Å². The lowest BCUT2D eigenvalue weighted by Gasteiger charge is -2.03. The average Bonchev–Trinajstić information content (AvgIpc) is 2.17. The highest BCUT2D eigenvalue weighted by molar-refractivity contribution is 6.39. The second kappa shape index (κ2) is 7.06. The van der Waals surface area contributed by atoms with Crippen LogP contribution in [0.2, 0.25) is 0 Å². The number of nitrogens with zero attached hydrogens (tertiary/aromatic N) is 1. The van der Waals surface area contributed by atoms with E-state index in [0.717, 1.165) is 0 Å². The lowest BCUT2D eigenvalue weighted by molar-refractivity contribution is -0.135. The van der Waals surface area contributed by atoms with Crippen LogP contribution in [0.1, 0.15) is 26.7 Å². The molecule has 0 N–H and O–H groups in total. The van der Waals surface area contributed by atoms with Gasteiger partial charge in [-0.25, -0.2) is 4.79 Å². The summed E-state index contributed by atoms with van der Waals surface area (Å²) in [6.07, 6.45) is 0.325. The second-order valence-electron chi connectivity index (χ2n) is 2.51. The molecular weight excluding hydrogens is 186 g/mol. The zero-order chi connectivity index (χ0) is 11.0. The average molecular weight is 201 g/mol. The van der Waals surface area contributed by atoms with Crippen LogP contribution in [0.3, 0.4) is 0 Å². The molecule has 80 valence electrons.